The lowest BCUT2D eigenvalue weighted by molar-refractivity contribution is -0.0483. The highest BCUT2D eigenvalue weighted by Gasteiger charge is 2.27. The second-order valence-corrected chi connectivity index (χ2v) is 6.05. The molecule has 0 saturated carbocycles. The highest BCUT2D eigenvalue weighted by molar-refractivity contribution is 4.82. The van der Waals surface area contributed by atoms with Crippen LogP contribution < -0.4 is 11.3 Å². The fourth-order valence-corrected chi connectivity index (χ4v) is 3.31. The van der Waals surface area contributed by atoms with Gasteiger partial charge in [-0.3, -0.25) is 16.2 Å². The van der Waals surface area contributed by atoms with Gasteiger partial charge >= 0.3 is 0 Å². The van der Waals surface area contributed by atoms with E-state index < -0.39 is 0 Å². The maximum Gasteiger partial charge on any atom is 0.0868 e. The highest BCUT2D eigenvalue weighted by atomic mass is 16.5. The van der Waals surface area contributed by atoms with Crippen LogP contribution in [-0.2, 0) is 9.47 Å². The summed E-state index contributed by atoms with van der Waals surface area (Å²) in [6.45, 7) is 7.22. The molecule has 0 bridgehead atoms. The van der Waals surface area contributed by atoms with Crippen LogP contribution in [0.2, 0.25) is 0 Å². The highest BCUT2D eigenvalue weighted by Crippen LogP contribution is 2.20. The second kappa shape index (κ2) is 8.95. The van der Waals surface area contributed by atoms with E-state index in [1.807, 2.05) is 0 Å². The molecule has 5 heteroatoms. The van der Waals surface area contributed by atoms with Gasteiger partial charge in [-0.25, -0.2) is 0 Å². The molecule has 2 rings (SSSR count). The first-order valence-electron chi connectivity index (χ1n) is 8.25. The van der Waals surface area contributed by atoms with E-state index in [1.165, 1.54) is 19.3 Å². The fraction of sp³-hybridized carbons (Fsp3) is 1.00. The van der Waals surface area contributed by atoms with Gasteiger partial charge in [0.1, 0.15) is 0 Å². The number of morpholine rings is 1. The van der Waals surface area contributed by atoms with Crippen LogP contribution in [0.15, 0.2) is 0 Å². The van der Waals surface area contributed by atoms with E-state index in [0.717, 1.165) is 52.1 Å². The zero-order chi connectivity index (χ0) is 14.2. The van der Waals surface area contributed by atoms with Crippen molar-refractivity contribution in [2.24, 2.45) is 5.84 Å². The first-order valence-corrected chi connectivity index (χ1v) is 8.25. The summed E-state index contributed by atoms with van der Waals surface area (Å²) < 4.78 is 11.6. The molecule has 20 heavy (non-hydrogen) atoms. The van der Waals surface area contributed by atoms with Gasteiger partial charge in [-0.1, -0.05) is 6.92 Å². The van der Waals surface area contributed by atoms with Crippen molar-refractivity contribution in [2.75, 3.05) is 32.8 Å². The van der Waals surface area contributed by atoms with E-state index >= 15 is 0 Å². The summed E-state index contributed by atoms with van der Waals surface area (Å²) >= 11 is 0. The molecule has 0 aliphatic carbocycles. The van der Waals surface area contributed by atoms with Crippen LogP contribution in [0.3, 0.4) is 0 Å². The van der Waals surface area contributed by atoms with Crippen LogP contribution >= 0.6 is 0 Å². The molecule has 3 unspecified atom stereocenters. The standard InChI is InChI=1S/C15H31N3O2/c1-2-8-18-9-11-20-15(12-18)14(17-16)7-3-5-13-6-4-10-19-13/h13-15,17H,2-12,16H2,1H3. The SMILES string of the molecule is CCCN1CCOC(C(CCCC2CCCO2)NN)C1. The van der Waals surface area contributed by atoms with Gasteiger partial charge in [-0.2, -0.15) is 0 Å². The Labute approximate surface area is 123 Å². The predicted octanol–water partition coefficient (Wildman–Crippen LogP) is 1.28. The van der Waals surface area contributed by atoms with Gasteiger partial charge in [-0.15, -0.1) is 0 Å². The van der Waals surface area contributed by atoms with E-state index in [9.17, 15) is 0 Å². The first-order chi connectivity index (χ1) is 9.83. The third-order valence-corrected chi connectivity index (χ3v) is 4.45. The minimum Gasteiger partial charge on any atom is -0.378 e. The van der Waals surface area contributed by atoms with Gasteiger partial charge in [0, 0.05) is 25.7 Å². The molecular formula is C15H31N3O2. The summed E-state index contributed by atoms with van der Waals surface area (Å²) in [5, 5.41) is 0. The first kappa shape index (κ1) is 16.2. The molecule has 0 aromatic carbocycles. The van der Waals surface area contributed by atoms with Crippen molar-refractivity contribution >= 4 is 0 Å². The lowest BCUT2D eigenvalue weighted by Crippen LogP contribution is -2.54. The Morgan fingerprint density at radius 1 is 1.35 bits per heavy atom. The zero-order valence-corrected chi connectivity index (χ0v) is 12.9. The molecule has 0 spiro atoms. The monoisotopic (exact) mass is 285 g/mol. The summed E-state index contributed by atoms with van der Waals surface area (Å²) in [6.07, 6.45) is 7.75. The molecule has 3 N–H and O–H groups in total. The molecule has 2 aliphatic heterocycles. The summed E-state index contributed by atoms with van der Waals surface area (Å²) in [7, 11) is 0. The molecule has 0 aromatic rings. The van der Waals surface area contributed by atoms with Crippen LogP contribution in [0.25, 0.3) is 0 Å². The quantitative estimate of drug-likeness (QED) is 0.520. The van der Waals surface area contributed by atoms with Gasteiger partial charge in [0.15, 0.2) is 0 Å². The van der Waals surface area contributed by atoms with Crippen molar-refractivity contribution in [3.8, 4) is 0 Å². The molecule has 2 aliphatic rings. The van der Waals surface area contributed by atoms with Crippen LogP contribution in [0.4, 0.5) is 0 Å². The maximum absolute atomic E-state index is 5.91. The number of rotatable bonds is 8. The van der Waals surface area contributed by atoms with Crippen LogP contribution in [0, 0.1) is 0 Å². The molecule has 0 amide bonds. The van der Waals surface area contributed by atoms with Crippen molar-refractivity contribution < 1.29 is 9.47 Å². The van der Waals surface area contributed by atoms with E-state index in [0.29, 0.717) is 6.10 Å². The molecule has 118 valence electrons. The minimum absolute atomic E-state index is 0.227. The Balaban J connectivity index is 1.69. The number of nitrogens with zero attached hydrogens (tertiary/aromatic N) is 1. The number of hydrogen-bond acceptors (Lipinski definition) is 5. The number of nitrogens with one attached hydrogen (secondary N) is 1. The minimum atomic E-state index is 0.227. The molecule has 5 nitrogen and oxygen atoms in total. The topological polar surface area (TPSA) is 59.8 Å². The molecule has 3 atom stereocenters. The Bertz CT molecular complexity index is 258. The van der Waals surface area contributed by atoms with Gasteiger partial charge in [-0.05, 0) is 45.1 Å². The summed E-state index contributed by atoms with van der Waals surface area (Å²) in [5.41, 5.74) is 2.97. The van der Waals surface area contributed by atoms with Crippen molar-refractivity contribution in [1.29, 1.82) is 0 Å². The Morgan fingerprint density at radius 3 is 2.95 bits per heavy atom. The van der Waals surface area contributed by atoms with Gasteiger partial charge in [0.25, 0.3) is 0 Å². The number of ether oxygens (including phenoxy) is 2. The fourth-order valence-electron chi connectivity index (χ4n) is 3.31. The van der Waals surface area contributed by atoms with Crippen LogP contribution in [0.5, 0.6) is 0 Å². The van der Waals surface area contributed by atoms with Crippen LogP contribution in [0.1, 0.15) is 45.4 Å². The van der Waals surface area contributed by atoms with Crippen molar-refractivity contribution in [1.82, 2.24) is 10.3 Å². The van der Waals surface area contributed by atoms with Crippen molar-refractivity contribution in [2.45, 2.75) is 63.7 Å². The lowest BCUT2D eigenvalue weighted by Gasteiger charge is -2.36. The third kappa shape index (κ3) is 4.97. The van der Waals surface area contributed by atoms with Gasteiger partial charge in [0.2, 0.25) is 0 Å². The molecule has 0 aromatic heterocycles. The van der Waals surface area contributed by atoms with E-state index in [1.54, 1.807) is 0 Å². The average molecular weight is 285 g/mol. The summed E-state index contributed by atoms with van der Waals surface area (Å²) in [4.78, 5) is 2.48. The van der Waals surface area contributed by atoms with Crippen molar-refractivity contribution in [3.63, 3.8) is 0 Å². The normalized spacial score (nSPS) is 29.7. The van der Waals surface area contributed by atoms with Gasteiger partial charge in [0.05, 0.1) is 18.8 Å². The van der Waals surface area contributed by atoms with E-state index in [2.05, 4.69) is 17.2 Å². The lowest BCUT2D eigenvalue weighted by atomic mass is 10.0. The number of hydrazine groups is 1. The number of nitrogens with two attached hydrogens (primary N) is 1. The predicted molar refractivity (Wildman–Crippen MR) is 80.4 cm³/mol. The van der Waals surface area contributed by atoms with E-state index in [-0.39, 0.29) is 12.1 Å². The van der Waals surface area contributed by atoms with E-state index in [4.69, 9.17) is 15.3 Å². The Hall–Kier alpha value is -0.200. The summed E-state index contributed by atoms with van der Waals surface area (Å²) in [5.74, 6) is 5.74. The largest absolute Gasteiger partial charge is 0.378 e. The van der Waals surface area contributed by atoms with Crippen LogP contribution in [-0.4, -0.2) is 56.0 Å². The second-order valence-electron chi connectivity index (χ2n) is 6.05. The third-order valence-electron chi connectivity index (χ3n) is 4.45. The maximum atomic E-state index is 5.91. The zero-order valence-electron chi connectivity index (χ0n) is 12.9. The molecule has 2 fully saturated rings. The average Bonchev–Trinajstić information content (AvgIpc) is 2.97. The van der Waals surface area contributed by atoms with Gasteiger partial charge < -0.3 is 9.47 Å². The molecular weight excluding hydrogens is 254 g/mol. The Kier molecular flexibility index (Phi) is 7.24. The Morgan fingerprint density at radius 2 is 2.25 bits per heavy atom. The molecule has 2 heterocycles. The molecule has 0 radical (unpaired) electrons. The number of hydrogen-bond donors (Lipinski definition) is 2. The summed E-state index contributed by atoms with van der Waals surface area (Å²) in [6, 6.07) is 0.260. The smallest absolute Gasteiger partial charge is 0.0868 e. The molecule has 2 saturated heterocycles. The van der Waals surface area contributed by atoms with Crippen molar-refractivity contribution in [3.05, 3.63) is 0 Å².